The lowest BCUT2D eigenvalue weighted by atomic mass is 9.89. The van der Waals surface area contributed by atoms with Crippen molar-refractivity contribution in [3.63, 3.8) is 0 Å². The van der Waals surface area contributed by atoms with Crippen LogP contribution in [-0.4, -0.2) is 37.4 Å². The molecule has 1 aliphatic carbocycles. The Kier molecular flexibility index (Phi) is 5.18. The first-order valence-electron chi connectivity index (χ1n) is 8.47. The summed E-state index contributed by atoms with van der Waals surface area (Å²) in [5, 5.41) is 3.38. The number of nitrogens with zero attached hydrogens (tertiary/aromatic N) is 1. The largest absolute Gasteiger partial charge is 0.586 e. The van der Waals surface area contributed by atoms with Crippen LogP contribution < -0.4 is 14.8 Å². The SMILES string of the molecule is Cl.FC1(F)Oc2ccc([C@@H](C3CCCC3)N3CCNCC3)cc2O1. The third kappa shape index (κ3) is 3.46. The summed E-state index contributed by atoms with van der Waals surface area (Å²) in [6.07, 6.45) is 1.39. The quantitative estimate of drug-likeness (QED) is 0.893. The topological polar surface area (TPSA) is 33.7 Å². The van der Waals surface area contributed by atoms with E-state index >= 15 is 0 Å². The van der Waals surface area contributed by atoms with Crippen LogP contribution in [0.4, 0.5) is 8.78 Å². The molecule has 7 heteroatoms. The molecule has 24 heavy (non-hydrogen) atoms. The summed E-state index contributed by atoms with van der Waals surface area (Å²) in [5.41, 5.74) is 1.07. The van der Waals surface area contributed by atoms with Crippen LogP contribution >= 0.6 is 12.4 Å². The minimum absolute atomic E-state index is 0. The predicted molar refractivity (Wildman–Crippen MR) is 89.0 cm³/mol. The van der Waals surface area contributed by atoms with Gasteiger partial charge < -0.3 is 14.8 Å². The molecule has 1 saturated carbocycles. The number of hydrogen-bond donors (Lipinski definition) is 1. The first-order chi connectivity index (χ1) is 11.1. The predicted octanol–water partition coefficient (Wildman–Crippen LogP) is 3.57. The highest BCUT2D eigenvalue weighted by Gasteiger charge is 2.44. The van der Waals surface area contributed by atoms with E-state index in [4.69, 9.17) is 0 Å². The van der Waals surface area contributed by atoms with E-state index in [-0.39, 0.29) is 29.9 Å². The molecule has 2 heterocycles. The third-order valence-corrected chi connectivity index (χ3v) is 5.16. The molecule has 0 aromatic heterocycles. The van der Waals surface area contributed by atoms with Crippen molar-refractivity contribution in [1.29, 1.82) is 0 Å². The Labute approximate surface area is 146 Å². The minimum Gasteiger partial charge on any atom is -0.395 e. The second-order valence-electron chi connectivity index (χ2n) is 6.65. The van der Waals surface area contributed by atoms with Crippen molar-refractivity contribution in [1.82, 2.24) is 10.2 Å². The standard InChI is InChI=1S/C17H22F2N2O2.ClH/c18-17(19)22-14-6-5-13(11-15(14)23-17)16(12-3-1-2-4-12)21-9-7-20-8-10-21;/h5-6,11-12,16,20H,1-4,7-10H2;1H/t16-;/m1./s1. The fraction of sp³-hybridized carbons (Fsp3) is 0.647. The average molecular weight is 361 g/mol. The van der Waals surface area contributed by atoms with Gasteiger partial charge in [0.1, 0.15) is 0 Å². The molecule has 1 saturated heterocycles. The Morgan fingerprint density at radius 1 is 1.08 bits per heavy atom. The van der Waals surface area contributed by atoms with Crippen LogP contribution in [0.1, 0.15) is 37.3 Å². The van der Waals surface area contributed by atoms with Crippen LogP contribution in [0.2, 0.25) is 0 Å². The third-order valence-electron chi connectivity index (χ3n) is 5.16. The molecule has 1 aromatic rings. The van der Waals surface area contributed by atoms with Gasteiger partial charge in [-0.1, -0.05) is 18.9 Å². The van der Waals surface area contributed by atoms with Gasteiger partial charge in [0.15, 0.2) is 11.5 Å². The molecule has 0 radical (unpaired) electrons. The average Bonchev–Trinajstić information content (AvgIpc) is 3.14. The van der Waals surface area contributed by atoms with Crippen LogP contribution in [0, 0.1) is 5.92 Å². The van der Waals surface area contributed by atoms with Gasteiger partial charge in [-0.25, -0.2) is 0 Å². The smallest absolute Gasteiger partial charge is 0.395 e. The number of fused-ring (bicyclic) bond motifs is 1. The summed E-state index contributed by atoms with van der Waals surface area (Å²) in [6.45, 7) is 3.94. The van der Waals surface area contributed by atoms with Crippen LogP contribution in [-0.2, 0) is 0 Å². The molecule has 3 aliphatic rings. The van der Waals surface area contributed by atoms with Gasteiger partial charge in [0.2, 0.25) is 0 Å². The maximum atomic E-state index is 13.3. The molecule has 4 rings (SSSR count). The van der Waals surface area contributed by atoms with Crippen molar-refractivity contribution in [3.8, 4) is 11.5 Å². The zero-order valence-electron chi connectivity index (χ0n) is 13.5. The van der Waals surface area contributed by atoms with Crippen molar-refractivity contribution < 1.29 is 18.3 Å². The van der Waals surface area contributed by atoms with Crippen LogP contribution in [0.5, 0.6) is 11.5 Å². The molecule has 1 atom stereocenters. The highest BCUT2D eigenvalue weighted by atomic mass is 35.5. The van der Waals surface area contributed by atoms with Gasteiger partial charge >= 0.3 is 6.29 Å². The van der Waals surface area contributed by atoms with Crippen molar-refractivity contribution in [3.05, 3.63) is 23.8 Å². The molecule has 1 aromatic carbocycles. The highest BCUT2D eigenvalue weighted by Crippen LogP contribution is 2.45. The lowest BCUT2D eigenvalue weighted by Gasteiger charge is -2.38. The van der Waals surface area contributed by atoms with Crippen molar-refractivity contribution >= 4 is 12.4 Å². The van der Waals surface area contributed by atoms with Gasteiger partial charge in [0.05, 0.1) is 0 Å². The van der Waals surface area contributed by atoms with Crippen molar-refractivity contribution in [2.75, 3.05) is 26.2 Å². The molecular weight excluding hydrogens is 338 g/mol. The van der Waals surface area contributed by atoms with E-state index in [1.807, 2.05) is 6.07 Å². The molecule has 134 valence electrons. The Hall–Kier alpha value is -1.11. The number of hydrogen-bond acceptors (Lipinski definition) is 4. The molecule has 1 N–H and O–H groups in total. The summed E-state index contributed by atoms with van der Waals surface area (Å²) in [7, 11) is 0. The van der Waals surface area contributed by atoms with E-state index in [9.17, 15) is 8.78 Å². The molecule has 0 bridgehead atoms. The normalized spacial score (nSPS) is 24.6. The van der Waals surface area contributed by atoms with Gasteiger partial charge in [0.25, 0.3) is 0 Å². The van der Waals surface area contributed by atoms with Gasteiger partial charge in [-0.05, 0) is 36.5 Å². The van der Waals surface area contributed by atoms with E-state index in [0.29, 0.717) is 5.92 Å². The van der Waals surface area contributed by atoms with Gasteiger partial charge in [-0.3, -0.25) is 4.90 Å². The van der Waals surface area contributed by atoms with E-state index in [0.717, 1.165) is 31.7 Å². The summed E-state index contributed by atoms with van der Waals surface area (Å²) >= 11 is 0. The second kappa shape index (κ2) is 7.02. The van der Waals surface area contributed by atoms with E-state index in [1.54, 1.807) is 12.1 Å². The Morgan fingerprint density at radius 3 is 2.46 bits per heavy atom. The molecule has 4 nitrogen and oxygen atoms in total. The summed E-state index contributed by atoms with van der Waals surface area (Å²) in [6, 6.07) is 5.58. The van der Waals surface area contributed by atoms with E-state index in [1.165, 1.54) is 25.7 Å². The first kappa shape index (κ1) is 17.7. The maximum absolute atomic E-state index is 13.3. The Balaban J connectivity index is 0.00000169. The van der Waals surface area contributed by atoms with E-state index < -0.39 is 6.29 Å². The Morgan fingerprint density at radius 2 is 1.75 bits per heavy atom. The molecule has 2 aliphatic heterocycles. The second-order valence-corrected chi connectivity index (χ2v) is 6.65. The summed E-state index contributed by atoms with van der Waals surface area (Å²) < 4.78 is 35.7. The lowest BCUT2D eigenvalue weighted by Crippen LogP contribution is -2.46. The van der Waals surface area contributed by atoms with Gasteiger partial charge in [-0.2, -0.15) is 0 Å². The van der Waals surface area contributed by atoms with Crippen LogP contribution in [0.25, 0.3) is 0 Å². The van der Waals surface area contributed by atoms with Gasteiger partial charge in [0, 0.05) is 32.2 Å². The zero-order chi connectivity index (χ0) is 15.9. The van der Waals surface area contributed by atoms with E-state index in [2.05, 4.69) is 19.7 Å². The molecule has 0 spiro atoms. The fourth-order valence-electron chi connectivity index (χ4n) is 4.16. The van der Waals surface area contributed by atoms with Crippen molar-refractivity contribution in [2.24, 2.45) is 5.92 Å². The lowest BCUT2D eigenvalue weighted by molar-refractivity contribution is -0.286. The minimum atomic E-state index is -3.54. The molecular formula is C17H23ClF2N2O2. The monoisotopic (exact) mass is 360 g/mol. The maximum Gasteiger partial charge on any atom is 0.586 e. The molecule has 0 unspecified atom stereocenters. The highest BCUT2D eigenvalue weighted by molar-refractivity contribution is 5.85. The van der Waals surface area contributed by atoms with Crippen LogP contribution in [0.3, 0.4) is 0 Å². The number of rotatable bonds is 3. The number of halogens is 3. The van der Waals surface area contributed by atoms with Crippen LogP contribution in [0.15, 0.2) is 18.2 Å². The van der Waals surface area contributed by atoms with Gasteiger partial charge in [-0.15, -0.1) is 21.2 Å². The molecule has 0 amide bonds. The number of piperazine rings is 1. The number of ether oxygens (including phenoxy) is 2. The summed E-state index contributed by atoms with van der Waals surface area (Å²) in [5.74, 6) is 0.879. The Bertz CT molecular complexity index is 576. The zero-order valence-corrected chi connectivity index (χ0v) is 14.3. The number of nitrogens with one attached hydrogen (secondary N) is 1. The molecule has 2 fully saturated rings. The number of benzene rings is 1. The fourth-order valence-corrected chi connectivity index (χ4v) is 4.16. The summed E-state index contributed by atoms with van der Waals surface area (Å²) in [4.78, 5) is 2.49. The first-order valence-corrected chi connectivity index (χ1v) is 8.47. The number of alkyl halides is 2. The van der Waals surface area contributed by atoms with Crippen molar-refractivity contribution in [2.45, 2.75) is 38.0 Å².